The summed E-state index contributed by atoms with van der Waals surface area (Å²) in [5.41, 5.74) is -0.470. The minimum Gasteiger partial charge on any atom is -0.465 e. The van der Waals surface area contributed by atoms with E-state index in [0.29, 0.717) is 6.54 Å². The van der Waals surface area contributed by atoms with Crippen LogP contribution in [-0.4, -0.2) is 48.7 Å². The van der Waals surface area contributed by atoms with E-state index in [1.165, 1.54) is 0 Å². The van der Waals surface area contributed by atoms with Crippen LogP contribution in [0.25, 0.3) is 0 Å². The van der Waals surface area contributed by atoms with Gasteiger partial charge in [0.2, 0.25) is 5.91 Å². The van der Waals surface area contributed by atoms with Gasteiger partial charge in [0.25, 0.3) is 0 Å². The zero-order valence-electron chi connectivity index (χ0n) is 13.4. The molecule has 1 N–H and O–H groups in total. The Hall–Kier alpha value is -1.10. The molecule has 0 heterocycles. The molecule has 5 nitrogen and oxygen atoms in total. The third kappa shape index (κ3) is 6.37. The molecule has 5 heteroatoms. The Bertz CT molecular complexity index is 309. The second-order valence-corrected chi connectivity index (χ2v) is 6.10. The molecule has 0 aromatic rings. The second kappa shape index (κ2) is 8.95. The number of hydrogen-bond acceptors (Lipinski definition) is 4. The van der Waals surface area contributed by atoms with Crippen molar-refractivity contribution in [1.82, 2.24) is 4.90 Å². The van der Waals surface area contributed by atoms with Crippen molar-refractivity contribution in [3.05, 3.63) is 0 Å². The van der Waals surface area contributed by atoms with Crippen molar-refractivity contribution >= 4 is 11.9 Å². The van der Waals surface area contributed by atoms with Crippen LogP contribution < -0.4 is 0 Å². The fourth-order valence-corrected chi connectivity index (χ4v) is 2.02. The monoisotopic (exact) mass is 287 g/mol. The quantitative estimate of drug-likeness (QED) is 0.420. The highest BCUT2D eigenvalue weighted by Crippen LogP contribution is 2.28. The van der Waals surface area contributed by atoms with E-state index in [-0.39, 0.29) is 19.1 Å². The van der Waals surface area contributed by atoms with E-state index >= 15 is 0 Å². The molecule has 1 atom stereocenters. The third-order valence-electron chi connectivity index (χ3n) is 3.16. The van der Waals surface area contributed by atoms with E-state index in [2.05, 4.69) is 0 Å². The van der Waals surface area contributed by atoms with Gasteiger partial charge in [0.15, 0.2) is 0 Å². The Morgan fingerprint density at radius 1 is 1.20 bits per heavy atom. The normalized spacial score (nSPS) is 12.9. The maximum Gasteiger partial charge on any atom is 0.319 e. The highest BCUT2D eigenvalue weighted by atomic mass is 16.5. The predicted molar refractivity (Wildman–Crippen MR) is 78.2 cm³/mol. The molecule has 0 spiro atoms. The average molecular weight is 287 g/mol. The van der Waals surface area contributed by atoms with Crippen molar-refractivity contribution in [1.29, 1.82) is 0 Å². The molecule has 0 saturated carbocycles. The first-order chi connectivity index (χ1) is 9.25. The zero-order chi connectivity index (χ0) is 15.8. The lowest BCUT2D eigenvalue weighted by Crippen LogP contribution is -2.44. The van der Waals surface area contributed by atoms with Gasteiger partial charge in [-0.1, -0.05) is 20.8 Å². The number of unbranched alkanes of at least 4 members (excludes halogenated alkanes) is 2. The lowest BCUT2D eigenvalue weighted by molar-refractivity contribution is -0.160. The second-order valence-electron chi connectivity index (χ2n) is 6.10. The van der Waals surface area contributed by atoms with Crippen molar-refractivity contribution in [3.8, 4) is 0 Å². The molecule has 20 heavy (non-hydrogen) atoms. The van der Waals surface area contributed by atoms with Crippen molar-refractivity contribution in [2.75, 3.05) is 26.8 Å². The maximum atomic E-state index is 12.4. The van der Waals surface area contributed by atoms with Gasteiger partial charge in [0, 0.05) is 20.2 Å². The molecule has 118 valence electrons. The van der Waals surface area contributed by atoms with Crippen LogP contribution in [0.2, 0.25) is 0 Å². The van der Waals surface area contributed by atoms with Gasteiger partial charge < -0.3 is 14.7 Å². The molecule has 0 bridgehead atoms. The lowest BCUT2D eigenvalue weighted by atomic mass is 9.79. The Balaban J connectivity index is 4.66. The molecule has 1 amide bonds. The summed E-state index contributed by atoms with van der Waals surface area (Å²) in [5.74, 6) is -1.42. The average Bonchev–Trinajstić information content (AvgIpc) is 2.33. The van der Waals surface area contributed by atoms with Crippen LogP contribution in [0.1, 0.15) is 47.0 Å². The molecule has 0 fully saturated rings. The number of carbonyl (C=O) groups is 2. The smallest absolute Gasteiger partial charge is 0.319 e. The van der Waals surface area contributed by atoms with Gasteiger partial charge in [0.1, 0.15) is 5.92 Å². The van der Waals surface area contributed by atoms with Crippen molar-refractivity contribution in [3.63, 3.8) is 0 Å². The summed E-state index contributed by atoms with van der Waals surface area (Å²) in [5, 5.41) is 8.73. The van der Waals surface area contributed by atoms with Crippen LogP contribution in [0.3, 0.4) is 0 Å². The lowest BCUT2D eigenvalue weighted by Gasteiger charge is -2.31. The van der Waals surface area contributed by atoms with Crippen LogP contribution in [0.5, 0.6) is 0 Å². The number of esters is 1. The molecule has 1 unspecified atom stereocenters. The van der Waals surface area contributed by atoms with Crippen LogP contribution in [-0.2, 0) is 14.3 Å². The maximum absolute atomic E-state index is 12.4. The van der Waals surface area contributed by atoms with Gasteiger partial charge in [-0.25, -0.2) is 0 Å². The molecule has 0 aliphatic carbocycles. The Labute approximate surface area is 122 Å². The fraction of sp³-hybridized carbons (Fsp3) is 0.867. The number of carbonyl (C=O) groups excluding carboxylic acids is 2. The molecule has 0 aromatic carbocycles. The minimum absolute atomic E-state index is 0.172. The van der Waals surface area contributed by atoms with Gasteiger partial charge in [-0.05, 0) is 31.6 Å². The number of amides is 1. The standard InChI is InChI=1S/C15H29NO4/c1-6-20-14(19)12(15(2,3)4)13(18)16(5)10-8-7-9-11-17/h12,17H,6-11H2,1-5H3. The van der Waals surface area contributed by atoms with E-state index in [9.17, 15) is 9.59 Å². The molecule has 0 radical (unpaired) electrons. The summed E-state index contributed by atoms with van der Waals surface area (Å²) >= 11 is 0. The number of aliphatic hydroxyl groups excluding tert-OH is 1. The van der Waals surface area contributed by atoms with Gasteiger partial charge in [-0.3, -0.25) is 9.59 Å². The molecule has 0 saturated heterocycles. The SMILES string of the molecule is CCOC(=O)C(C(=O)N(C)CCCCCO)C(C)(C)C. The highest BCUT2D eigenvalue weighted by molar-refractivity contribution is 5.98. The number of aliphatic hydroxyl groups is 1. The van der Waals surface area contributed by atoms with Crippen molar-refractivity contribution < 1.29 is 19.4 Å². The van der Waals surface area contributed by atoms with Crippen LogP contribution in [0, 0.1) is 11.3 Å². The first-order valence-corrected chi connectivity index (χ1v) is 7.28. The number of nitrogens with zero attached hydrogens (tertiary/aromatic N) is 1. The fourth-order valence-electron chi connectivity index (χ4n) is 2.02. The summed E-state index contributed by atoms with van der Waals surface area (Å²) in [6.45, 7) is 8.37. The van der Waals surface area contributed by atoms with E-state index in [1.54, 1.807) is 18.9 Å². The van der Waals surface area contributed by atoms with Crippen LogP contribution in [0.4, 0.5) is 0 Å². The number of hydrogen-bond donors (Lipinski definition) is 1. The molecule has 0 aliphatic heterocycles. The molecule has 0 rings (SSSR count). The van der Waals surface area contributed by atoms with E-state index < -0.39 is 17.3 Å². The Morgan fingerprint density at radius 2 is 1.80 bits per heavy atom. The zero-order valence-corrected chi connectivity index (χ0v) is 13.4. The van der Waals surface area contributed by atoms with E-state index in [4.69, 9.17) is 9.84 Å². The predicted octanol–water partition coefficient (Wildman–Crippen LogP) is 1.83. The van der Waals surface area contributed by atoms with Crippen molar-refractivity contribution in [2.24, 2.45) is 11.3 Å². The van der Waals surface area contributed by atoms with Crippen LogP contribution in [0.15, 0.2) is 0 Å². The Kier molecular flexibility index (Phi) is 8.46. The Morgan fingerprint density at radius 3 is 2.25 bits per heavy atom. The summed E-state index contributed by atoms with van der Waals surface area (Å²) in [4.78, 5) is 26.0. The van der Waals surface area contributed by atoms with Gasteiger partial charge in [-0.2, -0.15) is 0 Å². The summed E-state index contributed by atoms with van der Waals surface area (Å²) in [6, 6.07) is 0. The third-order valence-corrected chi connectivity index (χ3v) is 3.16. The summed E-state index contributed by atoms with van der Waals surface area (Å²) in [6.07, 6.45) is 2.43. The number of ether oxygens (including phenoxy) is 1. The molecular formula is C15H29NO4. The topological polar surface area (TPSA) is 66.8 Å². The van der Waals surface area contributed by atoms with E-state index in [1.807, 2.05) is 20.8 Å². The summed E-state index contributed by atoms with van der Waals surface area (Å²) < 4.78 is 5.03. The van der Waals surface area contributed by atoms with Gasteiger partial charge in [0.05, 0.1) is 6.61 Å². The molecular weight excluding hydrogens is 258 g/mol. The minimum atomic E-state index is -0.773. The van der Waals surface area contributed by atoms with Crippen molar-refractivity contribution in [2.45, 2.75) is 47.0 Å². The molecule has 0 aromatic heterocycles. The van der Waals surface area contributed by atoms with E-state index in [0.717, 1.165) is 19.3 Å². The van der Waals surface area contributed by atoms with Gasteiger partial charge >= 0.3 is 5.97 Å². The summed E-state index contributed by atoms with van der Waals surface area (Å²) in [7, 11) is 1.71. The number of rotatable bonds is 8. The highest BCUT2D eigenvalue weighted by Gasteiger charge is 2.40. The first-order valence-electron chi connectivity index (χ1n) is 7.28. The largest absolute Gasteiger partial charge is 0.465 e. The van der Waals surface area contributed by atoms with Crippen LogP contribution >= 0.6 is 0 Å². The molecule has 0 aliphatic rings. The first kappa shape index (κ1) is 18.9. The van der Waals surface area contributed by atoms with Gasteiger partial charge in [-0.15, -0.1) is 0 Å².